The van der Waals surface area contributed by atoms with Gasteiger partial charge in [-0.05, 0) is 23.6 Å². The van der Waals surface area contributed by atoms with E-state index in [2.05, 4.69) is 10.3 Å². The Labute approximate surface area is 116 Å². The lowest BCUT2D eigenvalue weighted by Crippen LogP contribution is -2.10. The van der Waals surface area contributed by atoms with Gasteiger partial charge in [-0.1, -0.05) is 11.6 Å². The van der Waals surface area contributed by atoms with E-state index in [1.807, 2.05) is 17.5 Å². The molecule has 3 aromatic heterocycles. The molecule has 3 nitrogen and oxygen atoms in total. The van der Waals surface area contributed by atoms with Crippen LogP contribution in [-0.4, -0.2) is 10.9 Å². The molecule has 0 unspecified atom stereocenters. The molecular formula is C12H7ClN2OS2. The average Bonchev–Trinajstić information content (AvgIpc) is 2.92. The third-order valence-corrected chi connectivity index (χ3v) is 4.80. The third kappa shape index (κ3) is 2.12. The van der Waals surface area contributed by atoms with Crippen LogP contribution < -0.4 is 5.32 Å². The van der Waals surface area contributed by atoms with E-state index in [1.54, 1.807) is 23.6 Å². The fraction of sp³-hybridized carbons (Fsp3) is 0. The van der Waals surface area contributed by atoms with Crippen molar-refractivity contribution in [3.63, 3.8) is 0 Å². The number of pyridine rings is 1. The van der Waals surface area contributed by atoms with E-state index in [4.69, 9.17) is 11.6 Å². The summed E-state index contributed by atoms with van der Waals surface area (Å²) < 4.78 is 2.25. The van der Waals surface area contributed by atoms with Gasteiger partial charge in [0.2, 0.25) is 0 Å². The van der Waals surface area contributed by atoms with Crippen molar-refractivity contribution in [2.24, 2.45) is 0 Å². The molecule has 0 fully saturated rings. The monoisotopic (exact) mass is 294 g/mol. The standard InChI is InChI=1S/C12H7ClN2OS2/c13-7-1-3-14-6-8(7)15-12(16)11-5-10-9(18-11)2-4-17-10/h1-6H,(H,15,16). The van der Waals surface area contributed by atoms with Crippen molar-refractivity contribution >= 4 is 55.3 Å². The maximum Gasteiger partial charge on any atom is 0.265 e. The molecular weight excluding hydrogens is 288 g/mol. The van der Waals surface area contributed by atoms with Gasteiger partial charge >= 0.3 is 0 Å². The van der Waals surface area contributed by atoms with Crippen molar-refractivity contribution < 1.29 is 4.79 Å². The number of nitrogens with one attached hydrogen (secondary N) is 1. The second kappa shape index (κ2) is 4.68. The van der Waals surface area contributed by atoms with Gasteiger partial charge in [0.05, 0.1) is 21.8 Å². The van der Waals surface area contributed by atoms with Crippen LogP contribution in [0.15, 0.2) is 36.0 Å². The van der Waals surface area contributed by atoms with Crippen LogP contribution in [0.2, 0.25) is 5.02 Å². The number of carbonyl (C=O) groups excluding carboxylic acids is 1. The summed E-state index contributed by atoms with van der Waals surface area (Å²) in [4.78, 5) is 16.7. The molecule has 6 heteroatoms. The van der Waals surface area contributed by atoms with Crippen molar-refractivity contribution in [2.75, 3.05) is 5.32 Å². The van der Waals surface area contributed by atoms with E-state index in [-0.39, 0.29) is 5.91 Å². The van der Waals surface area contributed by atoms with Crippen LogP contribution in [0.25, 0.3) is 9.40 Å². The minimum Gasteiger partial charge on any atom is -0.319 e. The molecule has 0 radical (unpaired) electrons. The first-order valence-corrected chi connectivity index (χ1v) is 7.19. The number of thiophene rings is 2. The molecule has 18 heavy (non-hydrogen) atoms. The normalized spacial score (nSPS) is 10.7. The van der Waals surface area contributed by atoms with E-state index in [9.17, 15) is 4.79 Å². The Balaban J connectivity index is 1.87. The molecule has 0 aliphatic heterocycles. The number of fused-ring (bicyclic) bond motifs is 1. The van der Waals surface area contributed by atoms with Crippen LogP contribution >= 0.6 is 34.3 Å². The fourth-order valence-electron chi connectivity index (χ4n) is 1.53. The first-order chi connectivity index (χ1) is 8.74. The number of hydrogen-bond donors (Lipinski definition) is 1. The Morgan fingerprint density at radius 3 is 3.00 bits per heavy atom. The second-order valence-corrected chi connectivity index (χ2v) is 6.01. The van der Waals surface area contributed by atoms with Crippen LogP contribution in [-0.2, 0) is 0 Å². The van der Waals surface area contributed by atoms with Crippen molar-refractivity contribution in [1.82, 2.24) is 4.98 Å². The maximum absolute atomic E-state index is 12.1. The number of halogens is 1. The van der Waals surface area contributed by atoms with E-state index in [0.29, 0.717) is 15.6 Å². The lowest BCUT2D eigenvalue weighted by atomic mass is 10.4. The fourth-order valence-corrected chi connectivity index (χ4v) is 3.69. The molecule has 3 rings (SSSR count). The van der Waals surface area contributed by atoms with E-state index in [0.717, 1.165) is 9.40 Å². The number of nitrogens with zero attached hydrogens (tertiary/aromatic N) is 1. The van der Waals surface area contributed by atoms with Crippen LogP contribution in [0.1, 0.15) is 9.67 Å². The van der Waals surface area contributed by atoms with Crippen LogP contribution in [0.5, 0.6) is 0 Å². The van der Waals surface area contributed by atoms with Gasteiger partial charge in [0, 0.05) is 15.6 Å². The van der Waals surface area contributed by atoms with Crippen molar-refractivity contribution in [3.8, 4) is 0 Å². The Kier molecular flexibility index (Phi) is 3.03. The zero-order valence-corrected chi connectivity index (χ0v) is 11.4. The molecule has 0 aliphatic rings. The van der Waals surface area contributed by atoms with Gasteiger partial charge in [0.1, 0.15) is 0 Å². The summed E-state index contributed by atoms with van der Waals surface area (Å²) in [5.74, 6) is -0.154. The minimum atomic E-state index is -0.154. The maximum atomic E-state index is 12.1. The number of aromatic nitrogens is 1. The van der Waals surface area contributed by atoms with Gasteiger partial charge in [-0.3, -0.25) is 9.78 Å². The van der Waals surface area contributed by atoms with E-state index < -0.39 is 0 Å². The molecule has 0 bridgehead atoms. The molecule has 1 N–H and O–H groups in total. The summed E-state index contributed by atoms with van der Waals surface area (Å²) in [7, 11) is 0. The molecule has 0 aromatic carbocycles. The largest absolute Gasteiger partial charge is 0.319 e. The summed E-state index contributed by atoms with van der Waals surface area (Å²) in [6.07, 6.45) is 3.12. The number of hydrogen-bond acceptors (Lipinski definition) is 4. The molecule has 90 valence electrons. The summed E-state index contributed by atoms with van der Waals surface area (Å²) >= 11 is 9.06. The Morgan fingerprint density at radius 1 is 1.33 bits per heavy atom. The SMILES string of the molecule is O=C(Nc1cnccc1Cl)c1cc2sccc2s1. The topological polar surface area (TPSA) is 42.0 Å². The molecule has 0 spiro atoms. The first kappa shape index (κ1) is 11.6. The highest BCUT2D eigenvalue weighted by atomic mass is 35.5. The summed E-state index contributed by atoms with van der Waals surface area (Å²) in [5.41, 5.74) is 0.529. The van der Waals surface area contributed by atoms with Gasteiger partial charge in [0.25, 0.3) is 5.91 Å². The average molecular weight is 295 g/mol. The van der Waals surface area contributed by atoms with Crippen molar-refractivity contribution in [3.05, 3.63) is 45.9 Å². The van der Waals surface area contributed by atoms with Gasteiger partial charge in [-0.2, -0.15) is 0 Å². The lowest BCUT2D eigenvalue weighted by molar-refractivity contribution is 0.103. The number of anilines is 1. The van der Waals surface area contributed by atoms with Gasteiger partial charge in [0.15, 0.2) is 0 Å². The van der Waals surface area contributed by atoms with Crippen molar-refractivity contribution in [1.29, 1.82) is 0 Å². The number of rotatable bonds is 2. The molecule has 0 aliphatic carbocycles. The number of carbonyl (C=O) groups is 1. The Morgan fingerprint density at radius 2 is 2.22 bits per heavy atom. The predicted octanol–water partition coefficient (Wildman–Crippen LogP) is 4.26. The Hall–Kier alpha value is -1.43. The van der Waals surface area contributed by atoms with Crippen LogP contribution in [0, 0.1) is 0 Å². The highest BCUT2D eigenvalue weighted by Crippen LogP contribution is 2.30. The molecule has 3 aromatic rings. The molecule has 1 amide bonds. The highest BCUT2D eigenvalue weighted by Gasteiger charge is 2.12. The highest BCUT2D eigenvalue weighted by molar-refractivity contribution is 7.27. The smallest absolute Gasteiger partial charge is 0.265 e. The van der Waals surface area contributed by atoms with Crippen LogP contribution in [0.4, 0.5) is 5.69 Å². The zero-order valence-electron chi connectivity index (χ0n) is 9.01. The van der Waals surface area contributed by atoms with Gasteiger partial charge in [-0.25, -0.2) is 0 Å². The van der Waals surface area contributed by atoms with Gasteiger partial charge < -0.3 is 5.32 Å². The van der Waals surface area contributed by atoms with Crippen LogP contribution in [0.3, 0.4) is 0 Å². The van der Waals surface area contributed by atoms with Gasteiger partial charge in [-0.15, -0.1) is 22.7 Å². The quantitative estimate of drug-likeness (QED) is 0.767. The predicted molar refractivity (Wildman–Crippen MR) is 76.9 cm³/mol. The molecule has 3 heterocycles. The molecule has 0 saturated heterocycles. The first-order valence-electron chi connectivity index (χ1n) is 5.12. The second-order valence-electron chi connectivity index (χ2n) is 3.57. The van der Waals surface area contributed by atoms with Crippen molar-refractivity contribution in [2.45, 2.75) is 0 Å². The van der Waals surface area contributed by atoms with E-state index >= 15 is 0 Å². The molecule has 0 saturated carbocycles. The zero-order chi connectivity index (χ0) is 12.5. The molecule has 0 atom stereocenters. The summed E-state index contributed by atoms with van der Waals surface area (Å²) in [6, 6.07) is 5.55. The third-order valence-electron chi connectivity index (χ3n) is 2.38. The Bertz CT molecular complexity index is 691. The summed E-state index contributed by atoms with van der Waals surface area (Å²) in [5, 5.41) is 5.26. The minimum absolute atomic E-state index is 0.154. The summed E-state index contributed by atoms with van der Waals surface area (Å²) in [6.45, 7) is 0. The van der Waals surface area contributed by atoms with E-state index in [1.165, 1.54) is 17.5 Å². The lowest BCUT2D eigenvalue weighted by Gasteiger charge is -2.04. The number of amides is 1.